The summed E-state index contributed by atoms with van der Waals surface area (Å²) in [5.41, 5.74) is 4.99. The van der Waals surface area contributed by atoms with E-state index in [-0.39, 0.29) is 36.2 Å². The maximum Gasteiger partial charge on any atom is 0.290 e. The topological polar surface area (TPSA) is 58.7 Å². The number of benzene rings is 2. The third-order valence-corrected chi connectivity index (χ3v) is 6.63. The fourth-order valence-electron chi connectivity index (χ4n) is 4.93. The van der Waals surface area contributed by atoms with Crippen molar-refractivity contribution in [3.05, 3.63) is 108 Å². The summed E-state index contributed by atoms with van der Waals surface area (Å²) < 4.78 is 7.51. The molecule has 6 rings (SSSR count). The van der Waals surface area contributed by atoms with E-state index in [4.69, 9.17) is 4.42 Å². The second-order valence-electron chi connectivity index (χ2n) is 9.01. The van der Waals surface area contributed by atoms with Gasteiger partial charge in [-0.1, -0.05) is 42.0 Å². The van der Waals surface area contributed by atoms with Crippen molar-refractivity contribution in [2.75, 3.05) is 11.4 Å². The van der Waals surface area contributed by atoms with Crippen molar-refractivity contribution in [3.63, 3.8) is 0 Å². The van der Waals surface area contributed by atoms with Gasteiger partial charge in [-0.25, -0.2) is 0 Å². The summed E-state index contributed by atoms with van der Waals surface area (Å²) >= 11 is 0. The van der Waals surface area contributed by atoms with Crippen molar-refractivity contribution in [1.29, 1.82) is 0 Å². The van der Waals surface area contributed by atoms with E-state index in [0.29, 0.717) is 0 Å². The number of nitrogens with zero attached hydrogens (tertiary/aromatic N) is 3. The average molecular weight is 452 g/mol. The smallest absolute Gasteiger partial charge is 0.290 e. The fraction of sp³-hybridized carbons (Fsp3) is 0.214. The lowest BCUT2D eigenvalue weighted by Gasteiger charge is -2.39. The van der Waals surface area contributed by atoms with Gasteiger partial charge in [-0.3, -0.25) is 14.5 Å². The van der Waals surface area contributed by atoms with Gasteiger partial charge in [-0.2, -0.15) is 0 Å². The molecule has 0 N–H and O–H groups in total. The molecule has 0 saturated heterocycles. The summed E-state index contributed by atoms with van der Waals surface area (Å²) in [6, 6.07) is 23.4. The van der Waals surface area contributed by atoms with Crippen LogP contribution in [0.5, 0.6) is 0 Å². The molecule has 0 spiro atoms. The highest BCUT2D eigenvalue weighted by Crippen LogP contribution is 2.42. The van der Waals surface area contributed by atoms with E-state index in [2.05, 4.69) is 35.8 Å². The molecule has 4 aromatic rings. The minimum atomic E-state index is -0.294. The summed E-state index contributed by atoms with van der Waals surface area (Å²) in [6.07, 6.45) is 5.33. The first kappa shape index (κ1) is 20.5. The van der Waals surface area contributed by atoms with Gasteiger partial charge in [0.25, 0.3) is 5.91 Å². The van der Waals surface area contributed by atoms with Crippen LogP contribution in [0.15, 0.2) is 89.7 Å². The average Bonchev–Trinajstić information content (AvgIpc) is 3.32. The van der Waals surface area contributed by atoms with E-state index in [1.165, 1.54) is 6.26 Å². The molecule has 0 bridgehead atoms. The van der Waals surface area contributed by atoms with Crippen LogP contribution in [0.2, 0.25) is 0 Å². The third-order valence-electron chi connectivity index (χ3n) is 6.63. The van der Waals surface area contributed by atoms with Crippen LogP contribution >= 0.6 is 0 Å². The van der Waals surface area contributed by atoms with Crippen molar-refractivity contribution >= 4 is 17.5 Å². The molecular formula is C28H25N3O3. The van der Waals surface area contributed by atoms with E-state index in [1.54, 1.807) is 17.0 Å². The van der Waals surface area contributed by atoms with Gasteiger partial charge < -0.3 is 13.9 Å². The van der Waals surface area contributed by atoms with Crippen LogP contribution in [-0.2, 0) is 4.79 Å². The van der Waals surface area contributed by atoms with Gasteiger partial charge in [0.15, 0.2) is 5.76 Å². The van der Waals surface area contributed by atoms with Crippen LogP contribution in [-0.4, -0.2) is 33.9 Å². The second kappa shape index (κ2) is 8.06. The molecule has 6 heteroatoms. The lowest BCUT2D eigenvalue weighted by Crippen LogP contribution is -2.47. The summed E-state index contributed by atoms with van der Waals surface area (Å²) in [5, 5.41) is 0. The summed E-state index contributed by atoms with van der Waals surface area (Å²) in [7, 11) is 0. The maximum absolute atomic E-state index is 14.1. The van der Waals surface area contributed by atoms with Crippen molar-refractivity contribution in [2.45, 2.75) is 31.8 Å². The number of carbonyl (C=O) groups is 2. The normalized spacial score (nSPS) is 16.6. The van der Waals surface area contributed by atoms with Gasteiger partial charge >= 0.3 is 0 Å². The molecule has 1 atom stereocenters. The molecule has 2 aromatic carbocycles. The number of hydrogen-bond donors (Lipinski definition) is 0. The Morgan fingerprint density at radius 3 is 2.53 bits per heavy atom. The van der Waals surface area contributed by atoms with Gasteiger partial charge in [-0.15, -0.1) is 0 Å². The van der Waals surface area contributed by atoms with Gasteiger partial charge in [0.2, 0.25) is 5.91 Å². The monoisotopic (exact) mass is 451 g/mol. The Bertz CT molecular complexity index is 1370. The predicted octanol–water partition coefficient (Wildman–Crippen LogP) is 5.12. The van der Waals surface area contributed by atoms with Crippen LogP contribution in [0, 0.1) is 6.92 Å². The summed E-state index contributed by atoms with van der Waals surface area (Å²) in [6.45, 7) is 2.06. The second-order valence-corrected chi connectivity index (χ2v) is 9.01. The molecule has 3 heterocycles. The Morgan fingerprint density at radius 1 is 0.971 bits per heavy atom. The molecule has 0 radical (unpaired) electrons. The first-order valence-corrected chi connectivity index (χ1v) is 11.6. The third kappa shape index (κ3) is 3.43. The molecule has 1 aliphatic heterocycles. The molecule has 34 heavy (non-hydrogen) atoms. The number of rotatable bonds is 5. The molecule has 170 valence electrons. The van der Waals surface area contributed by atoms with Crippen LogP contribution in [0.3, 0.4) is 0 Å². The number of carbonyl (C=O) groups excluding carboxylic acids is 2. The fourth-order valence-corrected chi connectivity index (χ4v) is 4.93. The van der Waals surface area contributed by atoms with E-state index >= 15 is 0 Å². The van der Waals surface area contributed by atoms with Crippen LogP contribution in [0.1, 0.15) is 46.3 Å². The molecule has 2 aliphatic rings. The Hall–Kier alpha value is -4.06. The van der Waals surface area contributed by atoms with Crippen LogP contribution in [0.4, 0.5) is 5.69 Å². The first-order valence-electron chi connectivity index (χ1n) is 11.6. The van der Waals surface area contributed by atoms with E-state index < -0.39 is 0 Å². The van der Waals surface area contributed by atoms with E-state index in [1.807, 2.05) is 47.5 Å². The molecule has 1 saturated carbocycles. The zero-order chi connectivity index (χ0) is 23.2. The van der Waals surface area contributed by atoms with Crippen molar-refractivity contribution in [2.24, 2.45) is 0 Å². The SMILES string of the molecule is Cc1cccc(C2c3cccn3-c3ccccc3N2C(=O)CN(C(=O)c2ccco2)C2CC2)c1. The van der Waals surface area contributed by atoms with Gasteiger partial charge in [0.05, 0.1) is 23.3 Å². The quantitative estimate of drug-likeness (QED) is 0.423. The molecule has 2 aromatic heterocycles. The molecule has 1 unspecified atom stereocenters. The number of anilines is 1. The number of furan rings is 1. The number of amides is 2. The van der Waals surface area contributed by atoms with Crippen LogP contribution in [0.25, 0.3) is 5.69 Å². The largest absolute Gasteiger partial charge is 0.459 e. The molecule has 1 aliphatic carbocycles. The van der Waals surface area contributed by atoms with Gasteiger partial charge in [-0.05, 0) is 61.7 Å². The summed E-state index contributed by atoms with van der Waals surface area (Å²) in [5.74, 6) is -0.0808. The molecule has 2 amide bonds. The van der Waals surface area contributed by atoms with E-state index in [0.717, 1.165) is 41.0 Å². The predicted molar refractivity (Wildman–Crippen MR) is 129 cm³/mol. The highest BCUT2D eigenvalue weighted by molar-refractivity contribution is 6.02. The van der Waals surface area contributed by atoms with Crippen LogP contribution < -0.4 is 4.90 Å². The molecule has 1 fully saturated rings. The number of aryl methyl sites for hydroxylation is 1. The first-order chi connectivity index (χ1) is 16.6. The minimum Gasteiger partial charge on any atom is -0.459 e. The lowest BCUT2D eigenvalue weighted by atomic mass is 9.96. The van der Waals surface area contributed by atoms with Gasteiger partial charge in [0, 0.05) is 12.2 Å². The number of fused-ring (bicyclic) bond motifs is 3. The minimum absolute atomic E-state index is 0.00155. The highest BCUT2D eigenvalue weighted by Gasteiger charge is 2.40. The highest BCUT2D eigenvalue weighted by atomic mass is 16.3. The number of para-hydroxylation sites is 2. The Balaban J connectivity index is 1.43. The number of hydrogen-bond acceptors (Lipinski definition) is 3. The Kier molecular flexibility index (Phi) is 4.87. The van der Waals surface area contributed by atoms with Gasteiger partial charge in [0.1, 0.15) is 12.6 Å². The summed E-state index contributed by atoms with van der Waals surface area (Å²) in [4.78, 5) is 30.8. The van der Waals surface area contributed by atoms with E-state index in [9.17, 15) is 9.59 Å². The van der Waals surface area contributed by atoms with Crippen molar-refractivity contribution < 1.29 is 14.0 Å². The Labute approximate surface area is 198 Å². The zero-order valence-electron chi connectivity index (χ0n) is 18.9. The van der Waals surface area contributed by atoms with Crippen molar-refractivity contribution in [3.8, 4) is 5.69 Å². The number of aromatic nitrogens is 1. The molecular weight excluding hydrogens is 426 g/mol. The van der Waals surface area contributed by atoms with Crippen molar-refractivity contribution in [1.82, 2.24) is 9.47 Å². The molecule has 6 nitrogen and oxygen atoms in total. The Morgan fingerprint density at radius 2 is 1.79 bits per heavy atom. The maximum atomic E-state index is 14.1. The standard InChI is InChI=1S/C28H25N3O3/c1-19-7-4-8-20(17-19)27-24-11-5-15-29(24)22-9-2-3-10-23(22)31(27)26(32)18-30(21-13-14-21)28(33)25-12-6-16-34-25/h2-12,15-17,21,27H,13-14,18H2,1H3. The lowest BCUT2D eigenvalue weighted by molar-refractivity contribution is -0.119. The zero-order valence-corrected chi connectivity index (χ0v) is 18.9.